The number of fused-ring (bicyclic) bond motifs is 1. The van der Waals surface area contributed by atoms with Crippen LogP contribution in [0.4, 0.5) is 0 Å². The molecule has 2 nitrogen and oxygen atoms in total. The summed E-state index contributed by atoms with van der Waals surface area (Å²) in [6.07, 6.45) is 8.33. The molecule has 2 heterocycles. The van der Waals surface area contributed by atoms with Crippen molar-refractivity contribution in [1.29, 1.82) is 0 Å². The molecule has 0 unspecified atom stereocenters. The van der Waals surface area contributed by atoms with Gasteiger partial charge in [-0.25, -0.2) is 0 Å². The standard InChI is InChI=1S/C16H22N2/c1-11(2)13-7-9-18-15-6-5-8-17-10-14(12(3)4)16(13)15/h5-7,9-12,17H,8H2,1-4H3/b6-5-,14-10-. The van der Waals surface area contributed by atoms with E-state index in [4.69, 9.17) is 0 Å². The minimum Gasteiger partial charge on any atom is -0.387 e. The third-order valence-electron chi connectivity index (χ3n) is 3.31. The molecule has 1 N–H and O–H groups in total. The number of nitrogens with one attached hydrogen (secondary N) is 1. The molecule has 0 radical (unpaired) electrons. The smallest absolute Gasteiger partial charge is 0.0705 e. The van der Waals surface area contributed by atoms with Crippen molar-refractivity contribution >= 4 is 11.6 Å². The number of hydrogen-bond donors (Lipinski definition) is 1. The van der Waals surface area contributed by atoms with Gasteiger partial charge in [-0.3, -0.25) is 4.98 Å². The highest BCUT2D eigenvalue weighted by atomic mass is 14.8. The van der Waals surface area contributed by atoms with Gasteiger partial charge >= 0.3 is 0 Å². The van der Waals surface area contributed by atoms with Crippen molar-refractivity contribution in [2.45, 2.75) is 33.6 Å². The highest BCUT2D eigenvalue weighted by Crippen LogP contribution is 2.32. The van der Waals surface area contributed by atoms with Crippen LogP contribution in [0.1, 0.15) is 50.4 Å². The summed E-state index contributed by atoms with van der Waals surface area (Å²) in [7, 11) is 0. The molecule has 0 amide bonds. The zero-order chi connectivity index (χ0) is 13.1. The van der Waals surface area contributed by atoms with Crippen LogP contribution < -0.4 is 5.32 Å². The van der Waals surface area contributed by atoms with Crippen LogP contribution in [0.25, 0.3) is 11.6 Å². The third kappa shape index (κ3) is 2.47. The van der Waals surface area contributed by atoms with Crippen molar-refractivity contribution in [1.82, 2.24) is 10.3 Å². The average Bonchev–Trinajstić information content (AvgIpc) is 2.28. The van der Waals surface area contributed by atoms with Crippen LogP contribution in [0.5, 0.6) is 0 Å². The Bertz CT molecular complexity index is 482. The third-order valence-corrected chi connectivity index (χ3v) is 3.31. The monoisotopic (exact) mass is 242 g/mol. The predicted octanol–water partition coefficient (Wildman–Crippen LogP) is 3.82. The summed E-state index contributed by atoms with van der Waals surface area (Å²) in [5, 5.41) is 3.35. The summed E-state index contributed by atoms with van der Waals surface area (Å²) in [6.45, 7) is 9.82. The lowest BCUT2D eigenvalue weighted by Gasteiger charge is -2.21. The minimum atomic E-state index is 0.490. The summed E-state index contributed by atoms with van der Waals surface area (Å²) in [5.41, 5.74) is 5.15. The number of aromatic nitrogens is 1. The molecule has 2 rings (SSSR count). The molecule has 0 saturated carbocycles. The molecule has 1 aliphatic rings. The summed E-state index contributed by atoms with van der Waals surface area (Å²) < 4.78 is 0. The van der Waals surface area contributed by atoms with Crippen LogP contribution in [0.3, 0.4) is 0 Å². The lowest BCUT2D eigenvalue weighted by Crippen LogP contribution is -2.13. The normalized spacial score (nSPS) is 19.6. The SMILES string of the molecule is CC(C)/C1=C/NC/C=C\c2nccc(C(C)C)c21. The quantitative estimate of drug-likeness (QED) is 0.852. The van der Waals surface area contributed by atoms with Crippen molar-refractivity contribution < 1.29 is 0 Å². The zero-order valence-corrected chi connectivity index (χ0v) is 11.7. The predicted molar refractivity (Wildman–Crippen MR) is 78.2 cm³/mol. The number of rotatable bonds is 2. The molecule has 0 atom stereocenters. The van der Waals surface area contributed by atoms with Gasteiger partial charge in [-0.05, 0) is 35.1 Å². The van der Waals surface area contributed by atoms with E-state index in [-0.39, 0.29) is 0 Å². The lowest BCUT2D eigenvalue weighted by atomic mass is 9.86. The number of allylic oxidation sites excluding steroid dienone is 1. The molecule has 0 saturated heterocycles. The van der Waals surface area contributed by atoms with Crippen LogP contribution in [0.15, 0.2) is 24.5 Å². The van der Waals surface area contributed by atoms with Crippen molar-refractivity contribution in [3.05, 3.63) is 41.4 Å². The second-order valence-corrected chi connectivity index (χ2v) is 5.38. The largest absolute Gasteiger partial charge is 0.387 e. The molecule has 0 spiro atoms. The van der Waals surface area contributed by atoms with Crippen LogP contribution >= 0.6 is 0 Å². The highest BCUT2D eigenvalue weighted by Gasteiger charge is 2.18. The first kappa shape index (κ1) is 12.9. The average molecular weight is 242 g/mol. The van der Waals surface area contributed by atoms with Gasteiger partial charge in [0.1, 0.15) is 0 Å². The van der Waals surface area contributed by atoms with E-state index in [1.807, 2.05) is 6.20 Å². The lowest BCUT2D eigenvalue weighted by molar-refractivity contribution is 0.814. The maximum atomic E-state index is 4.54. The first-order chi connectivity index (χ1) is 8.61. The van der Waals surface area contributed by atoms with Gasteiger partial charge in [-0.1, -0.05) is 33.8 Å². The summed E-state index contributed by atoms with van der Waals surface area (Å²) in [4.78, 5) is 4.54. The maximum Gasteiger partial charge on any atom is 0.0705 e. The van der Waals surface area contributed by atoms with E-state index in [2.05, 4.69) is 62.4 Å². The minimum absolute atomic E-state index is 0.490. The van der Waals surface area contributed by atoms with Gasteiger partial charge in [0.2, 0.25) is 0 Å². The van der Waals surface area contributed by atoms with E-state index in [0.29, 0.717) is 11.8 Å². The Morgan fingerprint density at radius 2 is 1.94 bits per heavy atom. The van der Waals surface area contributed by atoms with Crippen LogP contribution in [-0.4, -0.2) is 11.5 Å². The first-order valence-electron chi connectivity index (χ1n) is 6.70. The van der Waals surface area contributed by atoms with Gasteiger partial charge in [0.05, 0.1) is 5.69 Å². The summed E-state index contributed by atoms with van der Waals surface area (Å²) >= 11 is 0. The second kappa shape index (κ2) is 5.38. The Hall–Kier alpha value is -1.57. The maximum absolute atomic E-state index is 4.54. The molecule has 1 aromatic rings. The van der Waals surface area contributed by atoms with Gasteiger partial charge in [0.25, 0.3) is 0 Å². The molecule has 18 heavy (non-hydrogen) atoms. The molecular formula is C16H22N2. The van der Waals surface area contributed by atoms with Crippen LogP contribution in [0.2, 0.25) is 0 Å². The molecule has 0 fully saturated rings. The Kier molecular flexibility index (Phi) is 3.85. The van der Waals surface area contributed by atoms with E-state index in [9.17, 15) is 0 Å². The van der Waals surface area contributed by atoms with Gasteiger partial charge in [0.15, 0.2) is 0 Å². The van der Waals surface area contributed by atoms with E-state index >= 15 is 0 Å². The molecule has 2 heteroatoms. The summed E-state index contributed by atoms with van der Waals surface area (Å²) in [6, 6.07) is 2.15. The van der Waals surface area contributed by atoms with Crippen molar-refractivity contribution in [2.75, 3.05) is 6.54 Å². The van der Waals surface area contributed by atoms with Crippen LogP contribution in [0, 0.1) is 5.92 Å². The number of nitrogens with zero attached hydrogens (tertiary/aromatic N) is 1. The second-order valence-electron chi connectivity index (χ2n) is 5.38. The van der Waals surface area contributed by atoms with E-state index < -0.39 is 0 Å². The zero-order valence-electron chi connectivity index (χ0n) is 11.7. The van der Waals surface area contributed by atoms with Gasteiger partial charge < -0.3 is 5.32 Å². The van der Waals surface area contributed by atoms with Crippen molar-refractivity contribution in [3.63, 3.8) is 0 Å². The molecule has 1 aromatic heterocycles. The van der Waals surface area contributed by atoms with Crippen molar-refractivity contribution in [3.8, 4) is 0 Å². The fourth-order valence-corrected chi connectivity index (χ4v) is 2.35. The Labute approximate surface area is 110 Å². The topological polar surface area (TPSA) is 24.9 Å². The van der Waals surface area contributed by atoms with Crippen molar-refractivity contribution in [2.24, 2.45) is 5.92 Å². The fraction of sp³-hybridized carbons (Fsp3) is 0.438. The molecule has 96 valence electrons. The van der Waals surface area contributed by atoms with Gasteiger partial charge in [0, 0.05) is 24.5 Å². The number of pyridine rings is 1. The summed E-state index contributed by atoms with van der Waals surface area (Å²) in [5.74, 6) is 1.00. The molecule has 0 bridgehead atoms. The van der Waals surface area contributed by atoms with E-state index in [0.717, 1.165) is 12.2 Å². The number of hydrogen-bond acceptors (Lipinski definition) is 2. The Morgan fingerprint density at radius 1 is 1.17 bits per heavy atom. The highest BCUT2D eigenvalue weighted by molar-refractivity contribution is 5.76. The van der Waals surface area contributed by atoms with Gasteiger partial charge in [-0.2, -0.15) is 0 Å². The van der Waals surface area contributed by atoms with Gasteiger partial charge in [-0.15, -0.1) is 0 Å². The first-order valence-corrected chi connectivity index (χ1v) is 6.70. The fourth-order valence-electron chi connectivity index (χ4n) is 2.35. The molecular weight excluding hydrogens is 220 g/mol. The van der Waals surface area contributed by atoms with E-state index in [1.54, 1.807) is 0 Å². The Balaban J connectivity index is 2.67. The molecule has 0 aromatic carbocycles. The molecule has 0 aliphatic carbocycles. The Morgan fingerprint density at radius 3 is 2.61 bits per heavy atom. The van der Waals surface area contributed by atoms with E-state index in [1.165, 1.54) is 16.7 Å². The molecule has 1 aliphatic heterocycles. The van der Waals surface area contributed by atoms with Crippen LogP contribution in [-0.2, 0) is 0 Å².